The van der Waals surface area contributed by atoms with Gasteiger partial charge in [-0.2, -0.15) is 0 Å². The third kappa shape index (κ3) is 5.22. The smallest absolute Gasteiger partial charge is 0.406 e. The van der Waals surface area contributed by atoms with Gasteiger partial charge in [-0.15, -0.1) is 25.6 Å². The zero-order chi connectivity index (χ0) is 14.8. The van der Waals surface area contributed by atoms with Crippen LogP contribution >= 0.6 is 28.3 Å². The fourth-order valence-corrected chi connectivity index (χ4v) is 2.19. The van der Waals surface area contributed by atoms with Crippen LogP contribution in [0.4, 0.5) is 13.2 Å². The highest BCUT2D eigenvalue weighted by atomic mass is 79.9. The fraction of sp³-hybridized carbons (Fsp3) is 0.143. The Hall–Kier alpha value is -1.24. The van der Waals surface area contributed by atoms with Gasteiger partial charge in [0.05, 0.1) is 6.04 Å². The van der Waals surface area contributed by atoms with E-state index in [1.807, 2.05) is 24.3 Å². The number of hydrogen-bond donors (Lipinski definition) is 1. The fourth-order valence-electron chi connectivity index (χ4n) is 1.77. The second kappa shape index (κ2) is 7.15. The largest absolute Gasteiger partial charge is 0.573 e. The molecule has 0 aliphatic heterocycles. The van der Waals surface area contributed by atoms with Gasteiger partial charge in [0.25, 0.3) is 0 Å². The standard InChI is InChI=1S/C14H11BrF3NO.ClH/c15-11-3-1-2-10(8-11)13(19)9-4-6-12(7-5-9)20-14(16,17)18;/h1-8,13H,19H2;1H/t13-;/m1./s1. The van der Waals surface area contributed by atoms with Gasteiger partial charge in [-0.05, 0) is 35.4 Å². The van der Waals surface area contributed by atoms with Gasteiger partial charge in [0.1, 0.15) is 5.75 Å². The molecule has 0 amide bonds. The lowest BCUT2D eigenvalue weighted by Gasteiger charge is -2.14. The molecule has 2 rings (SSSR count). The van der Waals surface area contributed by atoms with Crippen molar-refractivity contribution in [3.8, 4) is 5.75 Å². The predicted molar refractivity (Wildman–Crippen MR) is 80.5 cm³/mol. The molecule has 0 aliphatic rings. The molecule has 2 N–H and O–H groups in total. The summed E-state index contributed by atoms with van der Waals surface area (Å²) >= 11 is 3.35. The summed E-state index contributed by atoms with van der Waals surface area (Å²) in [6, 6.07) is 12.6. The van der Waals surface area contributed by atoms with Crippen LogP contribution in [0.25, 0.3) is 0 Å². The summed E-state index contributed by atoms with van der Waals surface area (Å²) in [4.78, 5) is 0. The Balaban J connectivity index is 0.00000220. The highest BCUT2D eigenvalue weighted by molar-refractivity contribution is 9.10. The molecule has 0 fully saturated rings. The third-order valence-corrected chi connectivity index (χ3v) is 3.17. The molecule has 114 valence electrons. The molecule has 2 aromatic rings. The second-order valence-corrected chi connectivity index (χ2v) is 5.07. The van der Waals surface area contributed by atoms with E-state index in [1.165, 1.54) is 24.3 Å². The maximum atomic E-state index is 12.1. The monoisotopic (exact) mass is 381 g/mol. The molecule has 0 saturated carbocycles. The van der Waals surface area contributed by atoms with E-state index in [2.05, 4.69) is 20.7 Å². The predicted octanol–water partition coefficient (Wildman–Crippen LogP) is 4.82. The van der Waals surface area contributed by atoms with Crippen LogP contribution < -0.4 is 10.5 Å². The summed E-state index contributed by atoms with van der Waals surface area (Å²) in [5.74, 6) is -0.261. The first kappa shape index (κ1) is 17.8. The first-order valence-electron chi connectivity index (χ1n) is 5.72. The van der Waals surface area contributed by atoms with Gasteiger partial charge in [0, 0.05) is 4.47 Å². The van der Waals surface area contributed by atoms with Gasteiger partial charge in [-0.3, -0.25) is 0 Å². The summed E-state index contributed by atoms with van der Waals surface area (Å²) in [7, 11) is 0. The molecule has 0 aromatic heterocycles. The van der Waals surface area contributed by atoms with Crippen LogP contribution in [0.15, 0.2) is 53.0 Å². The molecule has 0 spiro atoms. The van der Waals surface area contributed by atoms with Crippen molar-refractivity contribution in [2.24, 2.45) is 5.73 Å². The number of nitrogens with two attached hydrogens (primary N) is 1. The van der Waals surface area contributed by atoms with E-state index in [0.717, 1.165) is 10.0 Å². The van der Waals surface area contributed by atoms with Gasteiger partial charge < -0.3 is 10.5 Å². The summed E-state index contributed by atoms with van der Waals surface area (Å²) in [6.07, 6.45) is -4.69. The highest BCUT2D eigenvalue weighted by Crippen LogP contribution is 2.26. The van der Waals surface area contributed by atoms with E-state index < -0.39 is 12.4 Å². The van der Waals surface area contributed by atoms with Crippen molar-refractivity contribution >= 4 is 28.3 Å². The molecule has 2 aromatic carbocycles. The van der Waals surface area contributed by atoms with E-state index in [9.17, 15) is 13.2 Å². The molecular weight excluding hydrogens is 371 g/mol. The third-order valence-electron chi connectivity index (χ3n) is 2.68. The lowest BCUT2D eigenvalue weighted by molar-refractivity contribution is -0.274. The lowest BCUT2D eigenvalue weighted by Crippen LogP contribution is -2.17. The molecule has 0 saturated heterocycles. The Morgan fingerprint density at radius 2 is 1.62 bits per heavy atom. The van der Waals surface area contributed by atoms with Crippen molar-refractivity contribution in [3.05, 3.63) is 64.1 Å². The number of alkyl halides is 3. The Morgan fingerprint density at radius 1 is 1.00 bits per heavy atom. The van der Waals surface area contributed by atoms with Crippen LogP contribution in [0.3, 0.4) is 0 Å². The van der Waals surface area contributed by atoms with E-state index >= 15 is 0 Å². The minimum absolute atomic E-state index is 0. The van der Waals surface area contributed by atoms with Crippen LogP contribution in [-0.4, -0.2) is 6.36 Å². The van der Waals surface area contributed by atoms with Crippen molar-refractivity contribution in [1.29, 1.82) is 0 Å². The number of ether oxygens (including phenoxy) is 1. The van der Waals surface area contributed by atoms with E-state index in [4.69, 9.17) is 5.73 Å². The van der Waals surface area contributed by atoms with E-state index in [-0.39, 0.29) is 18.2 Å². The summed E-state index contributed by atoms with van der Waals surface area (Å²) in [5, 5.41) is 0. The molecule has 1 atom stereocenters. The highest BCUT2D eigenvalue weighted by Gasteiger charge is 2.31. The quantitative estimate of drug-likeness (QED) is 0.826. The molecule has 7 heteroatoms. The summed E-state index contributed by atoms with van der Waals surface area (Å²) in [6.45, 7) is 0. The molecule has 0 aliphatic carbocycles. The van der Waals surface area contributed by atoms with Gasteiger partial charge in [0.15, 0.2) is 0 Å². The molecular formula is C14H12BrClF3NO. The molecule has 21 heavy (non-hydrogen) atoms. The molecule has 0 radical (unpaired) electrons. The molecule has 0 bridgehead atoms. The number of halogens is 5. The molecule has 0 heterocycles. The van der Waals surface area contributed by atoms with Crippen LogP contribution in [0, 0.1) is 0 Å². The Bertz CT molecular complexity index is 590. The Kier molecular flexibility index (Phi) is 6.07. The first-order chi connectivity index (χ1) is 9.35. The first-order valence-corrected chi connectivity index (χ1v) is 6.51. The number of rotatable bonds is 3. The zero-order valence-corrected chi connectivity index (χ0v) is 13.0. The van der Waals surface area contributed by atoms with Crippen LogP contribution in [0.5, 0.6) is 5.75 Å². The Labute approximate surface area is 134 Å². The lowest BCUT2D eigenvalue weighted by atomic mass is 10.00. The minimum Gasteiger partial charge on any atom is -0.406 e. The van der Waals surface area contributed by atoms with Crippen molar-refractivity contribution < 1.29 is 17.9 Å². The maximum absolute atomic E-state index is 12.1. The number of benzene rings is 2. The average molecular weight is 383 g/mol. The van der Waals surface area contributed by atoms with Crippen LogP contribution in [0.2, 0.25) is 0 Å². The maximum Gasteiger partial charge on any atom is 0.573 e. The Morgan fingerprint density at radius 3 is 2.14 bits per heavy atom. The van der Waals surface area contributed by atoms with Gasteiger partial charge in [0.2, 0.25) is 0 Å². The van der Waals surface area contributed by atoms with Crippen molar-refractivity contribution in [2.75, 3.05) is 0 Å². The van der Waals surface area contributed by atoms with Gasteiger partial charge in [-0.1, -0.05) is 40.2 Å². The molecule has 2 nitrogen and oxygen atoms in total. The number of hydrogen-bond acceptors (Lipinski definition) is 2. The zero-order valence-electron chi connectivity index (χ0n) is 10.6. The summed E-state index contributed by atoms with van der Waals surface area (Å²) < 4.78 is 40.9. The SMILES string of the molecule is Cl.N[C@H](c1ccc(OC(F)(F)F)cc1)c1cccc(Br)c1. The van der Waals surface area contributed by atoms with Gasteiger partial charge >= 0.3 is 6.36 Å². The molecule has 0 unspecified atom stereocenters. The average Bonchev–Trinajstić information content (AvgIpc) is 2.37. The topological polar surface area (TPSA) is 35.2 Å². The second-order valence-electron chi connectivity index (χ2n) is 4.15. The van der Waals surface area contributed by atoms with Crippen molar-refractivity contribution in [3.63, 3.8) is 0 Å². The van der Waals surface area contributed by atoms with Crippen LogP contribution in [0.1, 0.15) is 17.2 Å². The van der Waals surface area contributed by atoms with Crippen molar-refractivity contribution in [2.45, 2.75) is 12.4 Å². The van der Waals surface area contributed by atoms with E-state index in [1.54, 1.807) is 0 Å². The van der Waals surface area contributed by atoms with Crippen molar-refractivity contribution in [1.82, 2.24) is 0 Å². The normalized spacial score (nSPS) is 12.4. The summed E-state index contributed by atoms with van der Waals surface area (Å²) in [5.41, 5.74) is 7.65. The van der Waals surface area contributed by atoms with E-state index in [0.29, 0.717) is 5.56 Å². The minimum atomic E-state index is -4.69. The van der Waals surface area contributed by atoms with Crippen LogP contribution in [-0.2, 0) is 0 Å². The van der Waals surface area contributed by atoms with Gasteiger partial charge in [-0.25, -0.2) is 0 Å².